The van der Waals surface area contributed by atoms with E-state index in [4.69, 9.17) is 0 Å². The molecule has 18 heavy (non-hydrogen) atoms. The van der Waals surface area contributed by atoms with E-state index in [0.29, 0.717) is 0 Å². The van der Waals surface area contributed by atoms with Gasteiger partial charge in [-0.25, -0.2) is 9.97 Å². The molecular formula is C14H18N4. The molecule has 0 saturated carbocycles. The molecule has 4 heteroatoms. The Morgan fingerprint density at radius 2 is 1.78 bits per heavy atom. The topological polar surface area (TPSA) is 50.7 Å². The van der Waals surface area contributed by atoms with Gasteiger partial charge in [-0.05, 0) is 31.0 Å². The number of aromatic nitrogens is 3. The van der Waals surface area contributed by atoms with Crippen LogP contribution in [0.5, 0.6) is 0 Å². The maximum atomic E-state index is 4.26. The number of nitrogens with zero attached hydrogens (tertiary/aromatic N) is 3. The van der Waals surface area contributed by atoms with Crippen molar-refractivity contribution in [2.45, 2.75) is 26.3 Å². The minimum atomic E-state index is 0.110. The van der Waals surface area contributed by atoms with Gasteiger partial charge in [0.1, 0.15) is 6.33 Å². The van der Waals surface area contributed by atoms with E-state index in [1.807, 2.05) is 24.8 Å². The molecule has 0 radical (unpaired) electrons. The summed E-state index contributed by atoms with van der Waals surface area (Å²) in [5, 5.41) is 3.51. The molecule has 1 N–H and O–H groups in total. The molecule has 1 atom stereocenters. The van der Waals surface area contributed by atoms with Gasteiger partial charge in [0.2, 0.25) is 0 Å². The number of hydrogen-bond acceptors (Lipinski definition) is 4. The van der Waals surface area contributed by atoms with E-state index in [1.165, 1.54) is 0 Å². The van der Waals surface area contributed by atoms with Crippen molar-refractivity contribution in [3.8, 4) is 0 Å². The second kappa shape index (κ2) is 6.21. The van der Waals surface area contributed by atoms with Crippen molar-refractivity contribution in [3.63, 3.8) is 0 Å². The summed E-state index contributed by atoms with van der Waals surface area (Å²) in [5.74, 6) is 0. The van der Waals surface area contributed by atoms with Crippen LogP contribution in [0.1, 0.15) is 36.1 Å². The lowest BCUT2D eigenvalue weighted by atomic mass is 10.0. The van der Waals surface area contributed by atoms with E-state index in [0.717, 1.165) is 29.7 Å². The van der Waals surface area contributed by atoms with Crippen molar-refractivity contribution < 1.29 is 0 Å². The lowest BCUT2D eigenvalue weighted by Crippen LogP contribution is -2.23. The highest BCUT2D eigenvalue weighted by Gasteiger charge is 2.14. The molecule has 0 fully saturated rings. The molecule has 0 bridgehead atoms. The molecule has 2 rings (SSSR count). The van der Waals surface area contributed by atoms with Gasteiger partial charge in [0.25, 0.3) is 0 Å². The van der Waals surface area contributed by atoms with Gasteiger partial charge in [-0.2, -0.15) is 0 Å². The minimum absolute atomic E-state index is 0.110. The van der Waals surface area contributed by atoms with Gasteiger partial charge in [-0.3, -0.25) is 4.98 Å². The van der Waals surface area contributed by atoms with E-state index in [1.54, 1.807) is 6.33 Å². The number of rotatable bonds is 5. The molecule has 0 saturated heterocycles. The van der Waals surface area contributed by atoms with Crippen LogP contribution in [0.15, 0.2) is 37.2 Å². The van der Waals surface area contributed by atoms with Gasteiger partial charge in [-0.15, -0.1) is 0 Å². The number of pyridine rings is 1. The van der Waals surface area contributed by atoms with E-state index in [-0.39, 0.29) is 6.04 Å². The van der Waals surface area contributed by atoms with E-state index < -0.39 is 0 Å². The van der Waals surface area contributed by atoms with Crippen LogP contribution in [0.2, 0.25) is 0 Å². The summed E-state index contributed by atoms with van der Waals surface area (Å²) in [6.45, 7) is 5.16. The summed E-state index contributed by atoms with van der Waals surface area (Å²) >= 11 is 0. The lowest BCUT2D eigenvalue weighted by molar-refractivity contribution is 0.593. The molecular weight excluding hydrogens is 224 g/mol. The summed E-state index contributed by atoms with van der Waals surface area (Å²) in [4.78, 5) is 12.4. The van der Waals surface area contributed by atoms with Crippen LogP contribution >= 0.6 is 0 Å². The van der Waals surface area contributed by atoms with Crippen molar-refractivity contribution in [1.29, 1.82) is 0 Å². The lowest BCUT2D eigenvalue weighted by Gasteiger charge is -2.18. The van der Waals surface area contributed by atoms with Gasteiger partial charge in [0.05, 0.1) is 6.04 Å². The largest absolute Gasteiger partial charge is 0.306 e. The van der Waals surface area contributed by atoms with Crippen molar-refractivity contribution in [3.05, 3.63) is 53.9 Å². The fourth-order valence-electron chi connectivity index (χ4n) is 1.91. The molecule has 0 spiro atoms. The van der Waals surface area contributed by atoms with Gasteiger partial charge < -0.3 is 5.32 Å². The monoisotopic (exact) mass is 242 g/mol. The Morgan fingerprint density at radius 1 is 1.06 bits per heavy atom. The Labute approximate surface area is 108 Å². The second-order valence-corrected chi connectivity index (χ2v) is 4.35. The van der Waals surface area contributed by atoms with Crippen molar-refractivity contribution in [2.75, 3.05) is 6.54 Å². The van der Waals surface area contributed by atoms with Gasteiger partial charge in [0.15, 0.2) is 0 Å². The van der Waals surface area contributed by atoms with E-state index in [2.05, 4.69) is 40.2 Å². The molecule has 2 aromatic heterocycles. The van der Waals surface area contributed by atoms with Crippen LogP contribution in [0.3, 0.4) is 0 Å². The third-order valence-electron chi connectivity index (χ3n) is 2.74. The van der Waals surface area contributed by atoms with Gasteiger partial charge >= 0.3 is 0 Å². The standard InChI is InChI=1S/C14H18N4/c1-3-4-18-14(13-8-16-10-17-9-13)12-5-11(2)6-15-7-12/h5-10,14,18H,3-4H2,1-2H3. The third-order valence-corrected chi connectivity index (χ3v) is 2.74. The maximum absolute atomic E-state index is 4.26. The molecule has 1 unspecified atom stereocenters. The third kappa shape index (κ3) is 3.11. The predicted molar refractivity (Wildman–Crippen MR) is 71.1 cm³/mol. The van der Waals surface area contributed by atoms with E-state index in [9.17, 15) is 0 Å². The minimum Gasteiger partial charge on any atom is -0.306 e. The Balaban J connectivity index is 2.31. The smallest absolute Gasteiger partial charge is 0.115 e. The van der Waals surface area contributed by atoms with Crippen LogP contribution in [0, 0.1) is 6.92 Å². The summed E-state index contributed by atoms with van der Waals surface area (Å²) in [6.07, 6.45) is 10.1. The molecule has 2 heterocycles. The van der Waals surface area contributed by atoms with Crippen LogP contribution < -0.4 is 5.32 Å². The molecule has 2 aromatic rings. The first-order valence-corrected chi connectivity index (χ1v) is 6.21. The van der Waals surface area contributed by atoms with E-state index >= 15 is 0 Å². The highest BCUT2D eigenvalue weighted by Crippen LogP contribution is 2.20. The maximum Gasteiger partial charge on any atom is 0.115 e. The molecule has 0 aliphatic heterocycles. The van der Waals surface area contributed by atoms with Crippen molar-refractivity contribution in [1.82, 2.24) is 20.3 Å². The fourth-order valence-corrected chi connectivity index (χ4v) is 1.91. The average molecular weight is 242 g/mol. The summed E-state index contributed by atoms with van der Waals surface area (Å²) in [7, 11) is 0. The zero-order valence-corrected chi connectivity index (χ0v) is 10.8. The number of aryl methyl sites for hydroxylation is 1. The zero-order valence-electron chi connectivity index (χ0n) is 10.8. The highest BCUT2D eigenvalue weighted by atomic mass is 14.9. The van der Waals surface area contributed by atoms with Crippen LogP contribution in [-0.2, 0) is 0 Å². The summed E-state index contributed by atoms with van der Waals surface area (Å²) in [6, 6.07) is 2.26. The Kier molecular flexibility index (Phi) is 4.36. The Bertz CT molecular complexity index is 484. The average Bonchev–Trinajstić information content (AvgIpc) is 2.40. The fraction of sp³-hybridized carbons (Fsp3) is 0.357. The molecule has 0 aromatic carbocycles. The Hall–Kier alpha value is -1.81. The first-order chi connectivity index (χ1) is 8.81. The van der Waals surface area contributed by atoms with Crippen LogP contribution in [0.4, 0.5) is 0 Å². The SMILES string of the molecule is CCCNC(c1cncnc1)c1cncc(C)c1. The summed E-state index contributed by atoms with van der Waals surface area (Å²) in [5.41, 5.74) is 3.38. The number of hydrogen-bond donors (Lipinski definition) is 1. The van der Waals surface area contributed by atoms with Crippen LogP contribution in [0.25, 0.3) is 0 Å². The van der Waals surface area contributed by atoms with Crippen molar-refractivity contribution >= 4 is 0 Å². The second-order valence-electron chi connectivity index (χ2n) is 4.35. The predicted octanol–water partition coefficient (Wildman–Crippen LogP) is 2.27. The molecule has 0 aliphatic rings. The number of nitrogens with one attached hydrogen (secondary N) is 1. The van der Waals surface area contributed by atoms with Gasteiger partial charge in [-0.1, -0.05) is 13.0 Å². The first kappa shape index (κ1) is 12.6. The molecule has 0 aliphatic carbocycles. The van der Waals surface area contributed by atoms with Crippen molar-refractivity contribution in [2.24, 2.45) is 0 Å². The molecule has 4 nitrogen and oxygen atoms in total. The Morgan fingerprint density at radius 3 is 2.44 bits per heavy atom. The zero-order chi connectivity index (χ0) is 12.8. The quantitative estimate of drug-likeness (QED) is 0.873. The first-order valence-electron chi connectivity index (χ1n) is 6.21. The summed E-state index contributed by atoms with van der Waals surface area (Å²) < 4.78 is 0. The van der Waals surface area contributed by atoms with Gasteiger partial charge in [0, 0.05) is 30.4 Å². The molecule has 0 amide bonds. The molecule has 94 valence electrons. The highest BCUT2D eigenvalue weighted by molar-refractivity contribution is 5.28. The normalized spacial score (nSPS) is 12.3. The van der Waals surface area contributed by atoms with Crippen LogP contribution in [-0.4, -0.2) is 21.5 Å².